The van der Waals surface area contributed by atoms with Crippen LogP contribution >= 0.6 is 0 Å². The van der Waals surface area contributed by atoms with E-state index in [2.05, 4.69) is 0 Å². The number of nitrogens with zero attached hydrogens (tertiary/aromatic N) is 2. The molecule has 0 aliphatic carbocycles. The van der Waals surface area contributed by atoms with Gasteiger partial charge in [0.25, 0.3) is 10.2 Å². The molecule has 0 aromatic heterocycles. The Hall–Kier alpha value is -0.130. The zero-order chi connectivity index (χ0) is 12.1. The molecule has 2 fully saturated rings. The van der Waals surface area contributed by atoms with Crippen LogP contribution in [-0.2, 0) is 10.2 Å². The Morgan fingerprint density at radius 1 is 0.529 bits per heavy atom. The van der Waals surface area contributed by atoms with E-state index < -0.39 is 10.2 Å². The monoisotopic (exact) mass is 260 g/mol. The van der Waals surface area contributed by atoms with Crippen molar-refractivity contribution in [3.8, 4) is 0 Å². The Labute approximate surface area is 105 Å². The minimum Gasteiger partial charge on any atom is -0.195 e. The van der Waals surface area contributed by atoms with Gasteiger partial charge in [-0.2, -0.15) is 17.0 Å². The highest BCUT2D eigenvalue weighted by Gasteiger charge is 2.30. The zero-order valence-corrected chi connectivity index (χ0v) is 11.4. The normalized spacial score (nSPS) is 26.4. The molecule has 0 spiro atoms. The molecule has 2 aliphatic rings. The van der Waals surface area contributed by atoms with Gasteiger partial charge < -0.3 is 0 Å². The quantitative estimate of drug-likeness (QED) is 0.762. The average Bonchev–Trinajstić information content (AvgIpc) is 2.29. The average molecular weight is 260 g/mol. The molecule has 2 rings (SSSR count). The fraction of sp³-hybridized carbons (Fsp3) is 1.00. The van der Waals surface area contributed by atoms with Gasteiger partial charge in [0.15, 0.2) is 0 Å². The van der Waals surface area contributed by atoms with Gasteiger partial charge in [-0.25, -0.2) is 0 Å². The van der Waals surface area contributed by atoms with Gasteiger partial charge in [0.2, 0.25) is 0 Å². The zero-order valence-electron chi connectivity index (χ0n) is 10.6. The van der Waals surface area contributed by atoms with Crippen molar-refractivity contribution in [2.24, 2.45) is 0 Å². The molecule has 0 N–H and O–H groups in total. The Bertz CT molecular complexity index is 315. The van der Waals surface area contributed by atoms with Gasteiger partial charge in [0.05, 0.1) is 0 Å². The summed E-state index contributed by atoms with van der Waals surface area (Å²) in [6, 6.07) is 0. The first-order chi connectivity index (χ1) is 8.21. The van der Waals surface area contributed by atoms with Gasteiger partial charge >= 0.3 is 0 Å². The molecule has 0 amide bonds. The lowest BCUT2D eigenvalue weighted by Gasteiger charge is -2.32. The largest absolute Gasteiger partial charge is 0.281 e. The van der Waals surface area contributed by atoms with Crippen LogP contribution in [0.25, 0.3) is 0 Å². The molecule has 17 heavy (non-hydrogen) atoms. The molecule has 0 radical (unpaired) electrons. The van der Waals surface area contributed by atoms with E-state index in [1.54, 1.807) is 8.61 Å². The van der Waals surface area contributed by atoms with Crippen molar-refractivity contribution < 1.29 is 8.42 Å². The lowest BCUT2D eigenvalue weighted by Crippen LogP contribution is -2.46. The molecule has 2 aliphatic heterocycles. The van der Waals surface area contributed by atoms with Crippen LogP contribution in [0, 0.1) is 0 Å². The summed E-state index contributed by atoms with van der Waals surface area (Å²) in [6.07, 6.45) is 8.86. The fourth-order valence-electron chi connectivity index (χ4n) is 2.71. The smallest absolute Gasteiger partial charge is 0.195 e. The molecule has 2 saturated heterocycles. The van der Waals surface area contributed by atoms with Gasteiger partial charge in [0.1, 0.15) is 0 Å². The minimum atomic E-state index is -3.16. The van der Waals surface area contributed by atoms with Crippen LogP contribution in [0.2, 0.25) is 0 Å². The second-order valence-electron chi connectivity index (χ2n) is 5.13. The van der Waals surface area contributed by atoms with E-state index in [1.165, 1.54) is 25.7 Å². The molecule has 0 aromatic carbocycles. The third kappa shape index (κ3) is 3.42. The molecular formula is C12H24N2O2S. The second kappa shape index (κ2) is 6.16. The Morgan fingerprint density at radius 3 is 1.24 bits per heavy atom. The number of piperidine rings is 1. The van der Waals surface area contributed by atoms with Crippen molar-refractivity contribution >= 4 is 10.2 Å². The predicted octanol–water partition coefficient (Wildman–Crippen LogP) is 1.98. The highest BCUT2D eigenvalue weighted by molar-refractivity contribution is 7.86. The van der Waals surface area contributed by atoms with Crippen LogP contribution in [0.5, 0.6) is 0 Å². The highest BCUT2D eigenvalue weighted by atomic mass is 32.2. The van der Waals surface area contributed by atoms with E-state index in [1.807, 2.05) is 0 Å². The maximum atomic E-state index is 12.5. The van der Waals surface area contributed by atoms with Gasteiger partial charge in [-0.3, -0.25) is 0 Å². The lowest BCUT2D eigenvalue weighted by atomic mass is 10.1. The topological polar surface area (TPSA) is 40.6 Å². The maximum Gasteiger partial charge on any atom is 0.281 e. The molecular weight excluding hydrogens is 236 g/mol. The van der Waals surface area contributed by atoms with Crippen molar-refractivity contribution in [1.29, 1.82) is 0 Å². The molecule has 0 atom stereocenters. The second-order valence-corrected chi connectivity index (χ2v) is 7.06. The number of rotatable bonds is 2. The minimum absolute atomic E-state index is 0.721. The van der Waals surface area contributed by atoms with E-state index in [0.717, 1.165) is 51.9 Å². The molecule has 2 heterocycles. The van der Waals surface area contributed by atoms with Crippen LogP contribution in [-0.4, -0.2) is 43.2 Å². The van der Waals surface area contributed by atoms with Gasteiger partial charge in [-0.1, -0.05) is 25.7 Å². The molecule has 0 saturated carbocycles. The first-order valence-corrected chi connectivity index (χ1v) is 8.36. The fourth-order valence-corrected chi connectivity index (χ4v) is 4.47. The maximum absolute atomic E-state index is 12.5. The molecule has 0 bridgehead atoms. The van der Waals surface area contributed by atoms with Gasteiger partial charge in [-0.15, -0.1) is 0 Å². The Morgan fingerprint density at radius 2 is 0.824 bits per heavy atom. The first-order valence-electron chi connectivity index (χ1n) is 6.96. The number of hydrogen-bond acceptors (Lipinski definition) is 2. The van der Waals surface area contributed by atoms with Gasteiger partial charge in [-0.05, 0) is 25.7 Å². The summed E-state index contributed by atoms with van der Waals surface area (Å²) in [7, 11) is -3.16. The van der Waals surface area contributed by atoms with Crippen molar-refractivity contribution in [3.05, 3.63) is 0 Å². The third-order valence-electron chi connectivity index (χ3n) is 3.78. The summed E-state index contributed by atoms with van der Waals surface area (Å²) in [5.41, 5.74) is 0. The van der Waals surface area contributed by atoms with Crippen molar-refractivity contribution in [2.75, 3.05) is 26.2 Å². The van der Waals surface area contributed by atoms with Crippen molar-refractivity contribution in [3.63, 3.8) is 0 Å². The lowest BCUT2D eigenvalue weighted by molar-refractivity contribution is 0.290. The van der Waals surface area contributed by atoms with E-state index in [0.29, 0.717) is 0 Å². The molecule has 0 unspecified atom stereocenters. The molecule has 4 nitrogen and oxygen atoms in total. The Kier molecular flexibility index (Phi) is 4.82. The van der Waals surface area contributed by atoms with E-state index >= 15 is 0 Å². The molecule has 5 heteroatoms. The van der Waals surface area contributed by atoms with E-state index in [-0.39, 0.29) is 0 Å². The molecule has 0 aromatic rings. The van der Waals surface area contributed by atoms with E-state index in [4.69, 9.17) is 0 Å². The van der Waals surface area contributed by atoms with Crippen molar-refractivity contribution in [2.45, 2.75) is 51.4 Å². The molecule has 100 valence electrons. The summed E-state index contributed by atoms with van der Waals surface area (Å²) >= 11 is 0. The summed E-state index contributed by atoms with van der Waals surface area (Å²) in [5.74, 6) is 0. The first kappa shape index (κ1) is 13.3. The summed E-state index contributed by atoms with van der Waals surface area (Å²) in [6.45, 7) is 2.88. The SMILES string of the molecule is O=S(=O)(N1CCCCCCC1)N1CCCCC1. The predicted molar refractivity (Wildman–Crippen MR) is 69.0 cm³/mol. The standard InChI is InChI=1S/C12H24N2O2S/c15-17(16,14-11-7-4-8-12-14)13-9-5-2-1-3-6-10-13/h1-12H2. The van der Waals surface area contributed by atoms with Crippen LogP contribution in [0.3, 0.4) is 0 Å². The van der Waals surface area contributed by atoms with Crippen LogP contribution in [0.4, 0.5) is 0 Å². The summed E-state index contributed by atoms with van der Waals surface area (Å²) < 4.78 is 28.3. The van der Waals surface area contributed by atoms with E-state index in [9.17, 15) is 8.42 Å². The Balaban J connectivity index is 2.01. The summed E-state index contributed by atoms with van der Waals surface area (Å²) in [4.78, 5) is 0. The third-order valence-corrected chi connectivity index (χ3v) is 5.82. The van der Waals surface area contributed by atoms with Gasteiger partial charge in [0, 0.05) is 26.2 Å². The van der Waals surface area contributed by atoms with Crippen LogP contribution in [0.15, 0.2) is 0 Å². The van der Waals surface area contributed by atoms with Crippen molar-refractivity contribution in [1.82, 2.24) is 8.61 Å². The van der Waals surface area contributed by atoms with Crippen LogP contribution in [0.1, 0.15) is 51.4 Å². The van der Waals surface area contributed by atoms with Crippen LogP contribution < -0.4 is 0 Å². The highest BCUT2D eigenvalue weighted by Crippen LogP contribution is 2.19. The summed E-state index contributed by atoms with van der Waals surface area (Å²) in [5, 5.41) is 0. The number of hydrogen-bond donors (Lipinski definition) is 0.